The van der Waals surface area contributed by atoms with Crippen LogP contribution < -0.4 is 10.1 Å². The number of ether oxygens (including phenoxy) is 1. The van der Waals surface area contributed by atoms with Gasteiger partial charge in [0.2, 0.25) is 5.95 Å². The largest absolute Gasteiger partial charge is 0.456 e. The minimum absolute atomic E-state index is 0.107. The Kier molecular flexibility index (Phi) is 4.19. The second-order valence-electron chi connectivity index (χ2n) is 4.47. The van der Waals surface area contributed by atoms with Gasteiger partial charge < -0.3 is 10.1 Å². The first-order chi connectivity index (χ1) is 11.2. The van der Waals surface area contributed by atoms with Crippen molar-refractivity contribution in [1.29, 1.82) is 0 Å². The van der Waals surface area contributed by atoms with E-state index >= 15 is 0 Å². The van der Waals surface area contributed by atoms with Gasteiger partial charge in [-0.05, 0) is 30.3 Å². The molecule has 0 fully saturated rings. The molecule has 0 atom stereocenters. The molecule has 6 nitrogen and oxygen atoms in total. The third-order valence-electron chi connectivity index (χ3n) is 2.79. The number of carbonyl (C=O) groups excluding carboxylic acids is 1. The van der Waals surface area contributed by atoms with Crippen LogP contribution in [0.3, 0.4) is 0 Å². The van der Waals surface area contributed by atoms with E-state index < -0.39 is 11.9 Å². The summed E-state index contributed by atoms with van der Waals surface area (Å²) in [7, 11) is 0. The van der Waals surface area contributed by atoms with Gasteiger partial charge in [-0.2, -0.15) is 4.39 Å². The van der Waals surface area contributed by atoms with Crippen molar-refractivity contribution in [2.45, 2.75) is 0 Å². The van der Waals surface area contributed by atoms with E-state index in [9.17, 15) is 9.18 Å². The first kappa shape index (κ1) is 14.6. The van der Waals surface area contributed by atoms with Gasteiger partial charge in [0.25, 0.3) is 5.91 Å². The summed E-state index contributed by atoms with van der Waals surface area (Å²) in [6, 6.07) is 10.7. The fourth-order valence-electron chi connectivity index (χ4n) is 1.80. The van der Waals surface area contributed by atoms with Crippen molar-refractivity contribution in [3.8, 4) is 11.5 Å². The van der Waals surface area contributed by atoms with E-state index in [-0.39, 0.29) is 11.5 Å². The van der Waals surface area contributed by atoms with Crippen LogP contribution in [0.1, 0.15) is 10.5 Å². The van der Waals surface area contributed by atoms with Crippen molar-refractivity contribution in [1.82, 2.24) is 15.0 Å². The van der Waals surface area contributed by atoms with Crippen molar-refractivity contribution in [2.24, 2.45) is 0 Å². The zero-order valence-electron chi connectivity index (χ0n) is 11.8. The van der Waals surface area contributed by atoms with Crippen LogP contribution in [-0.2, 0) is 0 Å². The molecule has 0 spiro atoms. The van der Waals surface area contributed by atoms with Crippen molar-refractivity contribution in [2.75, 3.05) is 5.32 Å². The van der Waals surface area contributed by atoms with E-state index in [1.807, 2.05) is 0 Å². The average molecular weight is 310 g/mol. The number of hydrogen-bond donors (Lipinski definition) is 1. The van der Waals surface area contributed by atoms with Crippen molar-refractivity contribution >= 4 is 11.7 Å². The van der Waals surface area contributed by atoms with Crippen LogP contribution in [-0.4, -0.2) is 20.9 Å². The number of hydrogen-bond acceptors (Lipinski definition) is 5. The molecule has 0 saturated carbocycles. The lowest BCUT2D eigenvalue weighted by molar-refractivity contribution is 0.102. The van der Waals surface area contributed by atoms with Gasteiger partial charge >= 0.3 is 0 Å². The summed E-state index contributed by atoms with van der Waals surface area (Å²) >= 11 is 0. The normalized spacial score (nSPS) is 10.1. The van der Waals surface area contributed by atoms with Gasteiger partial charge in [-0.1, -0.05) is 6.07 Å². The Morgan fingerprint density at radius 2 is 2.00 bits per heavy atom. The SMILES string of the molecule is O=C(Nc1cccc(F)n1)c1cc(Oc2cccnc2)ccn1. The number of halogens is 1. The highest BCUT2D eigenvalue weighted by Crippen LogP contribution is 2.20. The van der Waals surface area contributed by atoms with Crippen molar-refractivity contribution < 1.29 is 13.9 Å². The van der Waals surface area contributed by atoms with Gasteiger partial charge in [-0.25, -0.2) is 4.98 Å². The molecule has 3 aromatic rings. The summed E-state index contributed by atoms with van der Waals surface area (Å²) in [6.07, 6.45) is 4.63. The highest BCUT2D eigenvalue weighted by molar-refractivity contribution is 6.02. The standard InChI is InChI=1S/C16H11FN4O2/c17-14-4-1-5-15(20-14)21-16(22)13-9-11(6-8-19-13)23-12-3-2-7-18-10-12/h1-10H,(H,20,21,22). The third-order valence-corrected chi connectivity index (χ3v) is 2.79. The highest BCUT2D eigenvalue weighted by Gasteiger charge is 2.10. The monoisotopic (exact) mass is 310 g/mol. The Balaban J connectivity index is 1.75. The molecule has 7 heteroatoms. The molecule has 114 valence electrons. The van der Waals surface area contributed by atoms with E-state index in [0.717, 1.165) is 0 Å². The number of aromatic nitrogens is 3. The van der Waals surface area contributed by atoms with Crippen LogP contribution in [0.15, 0.2) is 61.1 Å². The zero-order valence-corrected chi connectivity index (χ0v) is 11.8. The van der Waals surface area contributed by atoms with Gasteiger partial charge in [0, 0.05) is 18.5 Å². The van der Waals surface area contributed by atoms with Crippen LogP contribution in [0.4, 0.5) is 10.2 Å². The first-order valence-electron chi connectivity index (χ1n) is 6.68. The Hall–Kier alpha value is -3.35. The smallest absolute Gasteiger partial charge is 0.275 e. The maximum Gasteiger partial charge on any atom is 0.275 e. The predicted octanol–water partition coefficient (Wildman–Crippen LogP) is 3.06. The second-order valence-corrected chi connectivity index (χ2v) is 4.47. The fourth-order valence-corrected chi connectivity index (χ4v) is 1.80. The summed E-state index contributed by atoms with van der Waals surface area (Å²) in [4.78, 5) is 23.6. The molecular formula is C16H11FN4O2. The summed E-state index contributed by atoms with van der Waals surface area (Å²) in [5.74, 6) is -0.109. The van der Waals surface area contributed by atoms with Crippen molar-refractivity contribution in [3.63, 3.8) is 0 Å². The predicted molar refractivity (Wildman–Crippen MR) is 80.7 cm³/mol. The minimum Gasteiger partial charge on any atom is -0.456 e. The molecule has 0 aromatic carbocycles. The van der Waals surface area contributed by atoms with Gasteiger partial charge in [0.15, 0.2) is 0 Å². The molecule has 0 aliphatic heterocycles. The molecule has 0 bridgehead atoms. The van der Waals surface area contributed by atoms with Crippen LogP contribution >= 0.6 is 0 Å². The zero-order chi connectivity index (χ0) is 16.1. The van der Waals surface area contributed by atoms with E-state index in [4.69, 9.17) is 4.74 Å². The number of nitrogens with one attached hydrogen (secondary N) is 1. The van der Waals surface area contributed by atoms with Gasteiger partial charge in [-0.15, -0.1) is 0 Å². The van der Waals surface area contributed by atoms with E-state index in [1.54, 1.807) is 30.6 Å². The van der Waals surface area contributed by atoms with Gasteiger partial charge in [0.05, 0.1) is 6.20 Å². The molecule has 3 aromatic heterocycles. The van der Waals surface area contributed by atoms with Crippen LogP contribution in [0.5, 0.6) is 11.5 Å². The molecule has 23 heavy (non-hydrogen) atoms. The molecular weight excluding hydrogens is 299 g/mol. The summed E-state index contributed by atoms with van der Waals surface area (Å²) in [6.45, 7) is 0. The lowest BCUT2D eigenvalue weighted by Gasteiger charge is -2.07. The highest BCUT2D eigenvalue weighted by atomic mass is 19.1. The van der Waals surface area contributed by atoms with Gasteiger partial charge in [0.1, 0.15) is 23.0 Å². The summed E-state index contributed by atoms with van der Waals surface area (Å²) in [5.41, 5.74) is 0.123. The van der Waals surface area contributed by atoms with E-state index in [2.05, 4.69) is 20.3 Å². The number of anilines is 1. The lowest BCUT2D eigenvalue weighted by atomic mass is 10.3. The van der Waals surface area contributed by atoms with Crippen LogP contribution in [0.2, 0.25) is 0 Å². The van der Waals surface area contributed by atoms with Crippen molar-refractivity contribution in [3.05, 3.63) is 72.7 Å². The summed E-state index contributed by atoms with van der Waals surface area (Å²) < 4.78 is 18.6. The Labute approximate surface area is 131 Å². The first-order valence-corrected chi connectivity index (χ1v) is 6.68. The lowest BCUT2D eigenvalue weighted by Crippen LogP contribution is -2.14. The molecule has 0 saturated heterocycles. The minimum atomic E-state index is -0.676. The maximum absolute atomic E-state index is 13.0. The molecule has 0 aliphatic rings. The molecule has 0 radical (unpaired) electrons. The molecule has 3 heterocycles. The van der Waals surface area contributed by atoms with E-state index in [0.29, 0.717) is 11.5 Å². The molecule has 0 aliphatic carbocycles. The van der Waals surface area contributed by atoms with E-state index in [1.165, 1.54) is 30.5 Å². The number of rotatable bonds is 4. The number of pyridine rings is 3. The van der Waals surface area contributed by atoms with Crippen LogP contribution in [0, 0.1) is 5.95 Å². The fraction of sp³-hybridized carbons (Fsp3) is 0. The average Bonchev–Trinajstić information content (AvgIpc) is 2.56. The third kappa shape index (κ3) is 3.85. The van der Waals surface area contributed by atoms with Gasteiger partial charge in [-0.3, -0.25) is 14.8 Å². The second kappa shape index (κ2) is 6.61. The quantitative estimate of drug-likeness (QED) is 0.749. The Morgan fingerprint density at radius 1 is 1.09 bits per heavy atom. The molecule has 0 unspecified atom stereocenters. The Bertz CT molecular complexity index is 827. The summed E-state index contributed by atoms with van der Waals surface area (Å²) in [5, 5.41) is 2.47. The number of nitrogens with zero attached hydrogens (tertiary/aromatic N) is 3. The Morgan fingerprint density at radius 3 is 2.78 bits per heavy atom. The number of carbonyl (C=O) groups is 1. The topological polar surface area (TPSA) is 77.0 Å². The number of amides is 1. The maximum atomic E-state index is 13.0. The van der Waals surface area contributed by atoms with Crippen LogP contribution in [0.25, 0.3) is 0 Å². The molecule has 3 rings (SSSR count). The molecule has 1 amide bonds. The molecule has 1 N–H and O–H groups in total.